The standard InChI is InChI=1S/C17H27N5O3/c23-17(20-7-3-12-24-14-15-4-1-13-25-15)22-10-8-21(9-11-22)16-18-5-2-6-19-16/h2,5-6,15H,1,3-4,7-14H2,(H,20,23)/t15-/m1/s1. The first-order valence-electron chi connectivity index (χ1n) is 9.07. The minimum absolute atomic E-state index is 0.00671. The Kier molecular flexibility index (Phi) is 6.81. The summed E-state index contributed by atoms with van der Waals surface area (Å²) >= 11 is 0. The van der Waals surface area contributed by atoms with Gasteiger partial charge in [-0.1, -0.05) is 0 Å². The van der Waals surface area contributed by atoms with Crippen LogP contribution in [-0.2, 0) is 9.47 Å². The normalized spacial score (nSPS) is 20.7. The van der Waals surface area contributed by atoms with E-state index in [1.807, 2.05) is 4.90 Å². The Bertz CT molecular complexity index is 516. The van der Waals surface area contributed by atoms with Crippen molar-refractivity contribution in [2.24, 2.45) is 0 Å². The fourth-order valence-electron chi connectivity index (χ4n) is 3.04. The number of rotatable bonds is 7. The molecule has 2 saturated heterocycles. The quantitative estimate of drug-likeness (QED) is 0.737. The number of ether oxygens (including phenoxy) is 2. The zero-order chi connectivity index (χ0) is 17.3. The van der Waals surface area contributed by atoms with E-state index in [0.717, 1.165) is 44.9 Å². The van der Waals surface area contributed by atoms with E-state index in [4.69, 9.17) is 9.47 Å². The third-order valence-electron chi connectivity index (χ3n) is 4.47. The molecule has 0 aromatic carbocycles. The van der Waals surface area contributed by atoms with E-state index in [1.54, 1.807) is 18.5 Å². The van der Waals surface area contributed by atoms with Crippen LogP contribution >= 0.6 is 0 Å². The number of anilines is 1. The van der Waals surface area contributed by atoms with E-state index < -0.39 is 0 Å². The summed E-state index contributed by atoms with van der Waals surface area (Å²) in [5, 5.41) is 2.96. The second kappa shape index (κ2) is 9.53. The zero-order valence-corrected chi connectivity index (χ0v) is 14.6. The fraction of sp³-hybridized carbons (Fsp3) is 0.706. The topological polar surface area (TPSA) is 79.8 Å². The van der Waals surface area contributed by atoms with Crippen LogP contribution in [0.5, 0.6) is 0 Å². The van der Waals surface area contributed by atoms with Gasteiger partial charge in [0.1, 0.15) is 0 Å². The fourth-order valence-corrected chi connectivity index (χ4v) is 3.04. The maximum Gasteiger partial charge on any atom is 0.317 e. The van der Waals surface area contributed by atoms with Gasteiger partial charge in [-0.05, 0) is 25.3 Å². The van der Waals surface area contributed by atoms with Gasteiger partial charge in [-0.25, -0.2) is 14.8 Å². The number of hydrogen-bond donors (Lipinski definition) is 1. The molecule has 0 unspecified atom stereocenters. The summed E-state index contributed by atoms with van der Waals surface area (Å²) in [6.07, 6.45) is 6.78. The van der Waals surface area contributed by atoms with Crippen molar-refractivity contribution >= 4 is 12.0 Å². The van der Waals surface area contributed by atoms with Crippen LogP contribution in [0.15, 0.2) is 18.5 Å². The number of carbonyl (C=O) groups is 1. The molecule has 2 amide bonds. The minimum Gasteiger partial charge on any atom is -0.379 e. The Morgan fingerprint density at radius 2 is 2.08 bits per heavy atom. The van der Waals surface area contributed by atoms with Crippen molar-refractivity contribution in [1.82, 2.24) is 20.2 Å². The van der Waals surface area contributed by atoms with E-state index in [-0.39, 0.29) is 12.1 Å². The summed E-state index contributed by atoms with van der Waals surface area (Å²) in [5.41, 5.74) is 0. The van der Waals surface area contributed by atoms with Gasteiger partial charge >= 0.3 is 6.03 Å². The van der Waals surface area contributed by atoms with Crippen LogP contribution in [0, 0.1) is 0 Å². The molecule has 8 heteroatoms. The molecular weight excluding hydrogens is 322 g/mol. The van der Waals surface area contributed by atoms with Gasteiger partial charge in [-0.15, -0.1) is 0 Å². The number of carbonyl (C=O) groups excluding carboxylic acids is 1. The zero-order valence-electron chi connectivity index (χ0n) is 14.6. The molecule has 1 N–H and O–H groups in total. The molecule has 138 valence electrons. The third kappa shape index (κ3) is 5.54. The molecule has 3 heterocycles. The lowest BCUT2D eigenvalue weighted by molar-refractivity contribution is 0.0167. The van der Waals surface area contributed by atoms with Crippen LogP contribution in [0.25, 0.3) is 0 Å². The van der Waals surface area contributed by atoms with Gasteiger partial charge in [-0.3, -0.25) is 0 Å². The molecule has 0 aliphatic carbocycles. The minimum atomic E-state index is -0.00671. The van der Waals surface area contributed by atoms with Crippen molar-refractivity contribution in [1.29, 1.82) is 0 Å². The molecule has 1 atom stereocenters. The van der Waals surface area contributed by atoms with Gasteiger partial charge in [0.15, 0.2) is 0 Å². The second-order valence-electron chi connectivity index (χ2n) is 6.32. The second-order valence-corrected chi connectivity index (χ2v) is 6.32. The Balaban J connectivity index is 1.25. The van der Waals surface area contributed by atoms with Gasteiger partial charge < -0.3 is 24.6 Å². The van der Waals surface area contributed by atoms with E-state index >= 15 is 0 Å². The average molecular weight is 349 g/mol. The summed E-state index contributed by atoms with van der Waals surface area (Å²) < 4.78 is 11.1. The Morgan fingerprint density at radius 3 is 2.80 bits per heavy atom. The van der Waals surface area contributed by atoms with Crippen LogP contribution < -0.4 is 10.2 Å². The number of nitrogens with one attached hydrogen (secondary N) is 1. The SMILES string of the molecule is O=C(NCCCOC[C@H]1CCCO1)N1CCN(c2ncccn2)CC1. The average Bonchev–Trinajstić information content (AvgIpc) is 3.19. The number of amides is 2. The first-order chi connectivity index (χ1) is 12.3. The summed E-state index contributed by atoms with van der Waals surface area (Å²) in [4.78, 5) is 24.6. The van der Waals surface area contributed by atoms with Crippen molar-refractivity contribution in [2.75, 3.05) is 57.4 Å². The van der Waals surface area contributed by atoms with E-state index in [2.05, 4.69) is 20.2 Å². The number of aromatic nitrogens is 2. The maximum absolute atomic E-state index is 12.2. The molecule has 1 aromatic rings. The number of nitrogens with zero attached hydrogens (tertiary/aromatic N) is 4. The van der Waals surface area contributed by atoms with Crippen molar-refractivity contribution in [3.63, 3.8) is 0 Å². The summed E-state index contributed by atoms with van der Waals surface area (Å²) in [7, 11) is 0. The van der Waals surface area contributed by atoms with Crippen molar-refractivity contribution in [3.05, 3.63) is 18.5 Å². The maximum atomic E-state index is 12.2. The van der Waals surface area contributed by atoms with Crippen LogP contribution in [0.3, 0.4) is 0 Å². The smallest absolute Gasteiger partial charge is 0.317 e. The molecule has 1 aromatic heterocycles. The Labute approximate surface area is 148 Å². The van der Waals surface area contributed by atoms with Crippen LogP contribution in [-0.4, -0.2) is 79.5 Å². The van der Waals surface area contributed by atoms with E-state index in [9.17, 15) is 4.79 Å². The Morgan fingerprint density at radius 1 is 1.28 bits per heavy atom. The molecule has 0 bridgehead atoms. The highest BCUT2D eigenvalue weighted by Gasteiger charge is 2.22. The van der Waals surface area contributed by atoms with E-state index in [0.29, 0.717) is 32.8 Å². The highest BCUT2D eigenvalue weighted by atomic mass is 16.5. The van der Waals surface area contributed by atoms with Crippen LogP contribution in [0.1, 0.15) is 19.3 Å². The first kappa shape index (κ1) is 17.9. The lowest BCUT2D eigenvalue weighted by Gasteiger charge is -2.34. The monoisotopic (exact) mass is 349 g/mol. The van der Waals surface area contributed by atoms with Gasteiger partial charge in [-0.2, -0.15) is 0 Å². The summed E-state index contributed by atoms with van der Waals surface area (Å²) in [6.45, 7) is 5.67. The largest absolute Gasteiger partial charge is 0.379 e. The predicted octanol–water partition coefficient (Wildman–Crippen LogP) is 0.894. The predicted molar refractivity (Wildman–Crippen MR) is 93.6 cm³/mol. The molecular formula is C17H27N5O3. The van der Waals surface area contributed by atoms with Gasteiger partial charge in [0.05, 0.1) is 12.7 Å². The lowest BCUT2D eigenvalue weighted by atomic mass is 10.2. The van der Waals surface area contributed by atoms with E-state index in [1.165, 1.54) is 0 Å². The van der Waals surface area contributed by atoms with Crippen LogP contribution in [0.4, 0.5) is 10.7 Å². The molecule has 0 spiro atoms. The third-order valence-corrected chi connectivity index (χ3v) is 4.47. The van der Waals surface area contributed by atoms with Crippen molar-refractivity contribution in [2.45, 2.75) is 25.4 Å². The van der Waals surface area contributed by atoms with Crippen molar-refractivity contribution in [3.8, 4) is 0 Å². The summed E-state index contributed by atoms with van der Waals surface area (Å²) in [6, 6.07) is 1.80. The van der Waals surface area contributed by atoms with Gasteiger partial charge in [0, 0.05) is 58.3 Å². The van der Waals surface area contributed by atoms with Crippen molar-refractivity contribution < 1.29 is 14.3 Å². The molecule has 25 heavy (non-hydrogen) atoms. The van der Waals surface area contributed by atoms with Gasteiger partial charge in [0.25, 0.3) is 0 Å². The molecule has 0 radical (unpaired) electrons. The molecule has 3 rings (SSSR count). The summed E-state index contributed by atoms with van der Waals surface area (Å²) in [5.74, 6) is 0.728. The number of piperazine rings is 1. The Hall–Kier alpha value is -1.93. The molecule has 2 aliphatic heterocycles. The first-order valence-corrected chi connectivity index (χ1v) is 9.07. The highest BCUT2D eigenvalue weighted by Crippen LogP contribution is 2.12. The van der Waals surface area contributed by atoms with Crippen LogP contribution in [0.2, 0.25) is 0 Å². The number of hydrogen-bond acceptors (Lipinski definition) is 6. The number of urea groups is 1. The molecule has 2 fully saturated rings. The van der Waals surface area contributed by atoms with Gasteiger partial charge in [0.2, 0.25) is 5.95 Å². The molecule has 8 nitrogen and oxygen atoms in total. The molecule has 2 aliphatic rings. The lowest BCUT2D eigenvalue weighted by Crippen LogP contribution is -2.52. The highest BCUT2D eigenvalue weighted by molar-refractivity contribution is 5.74. The molecule has 0 saturated carbocycles.